The van der Waals surface area contributed by atoms with Crippen molar-refractivity contribution in [1.29, 1.82) is 0 Å². The molecule has 0 fully saturated rings. The van der Waals surface area contributed by atoms with E-state index in [2.05, 4.69) is 19.2 Å². The quantitative estimate of drug-likeness (QED) is 0.475. The van der Waals surface area contributed by atoms with Gasteiger partial charge in [-0.3, -0.25) is 4.55 Å². The number of hydrogen-bond acceptors (Lipinski definition) is 3. The molecule has 3 nitrogen and oxygen atoms in total. The lowest BCUT2D eigenvalue weighted by molar-refractivity contribution is 0.476. The van der Waals surface area contributed by atoms with Crippen molar-refractivity contribution >= 4 is 22.7 Å². The van der Waals surface area contributed by atoms with E-state index in [9.17, 15) is 8.42 Å². The van der Waals surface area contributed by atoms with Crippen molar-refractivity contribution in [3.8, 4) is 0 Å². The molecule has 1 aromatic carbocycles. The van der Waals surface area contributed by atoms with Gasteiger partial charge in [0.2, 0.25) is 0 Å². The molecule has 0 aliphatic carbocycles. The zero-order valence-corrected chi connectivity index (χ0v) is 9.00. The van der Waals surface area contributed by atoms with Crippen molar-refractivity contribution in [3.05, 3.63) is 42.5 Å². The van der Waals surface area contributed by atoms with Gasteiger partial charge in [0, 0.05) is 4.90 Å². The molecule has 0 saturated carbocycles. The number of hydrogen-bond donors (Lipinski definition) is 2. The summed E-state index contributed by atoms with van der Waals surface area (Å²) in [6.45, 7) is 3.37. The van der Waals surface area contributed by atoms with Crippen molar-refractivity contribution < 1.29 is 13.0 Å². The second-order valence-corrected chi connectivity index (χ2v) is 4.75. The summed E-state index contributed by atoms with van der Waals surface area (Å²) in [6, 6.07) is 6.65. The lowest BCUT2D eigenvalue weighted by Gasteiger charge is -2.11. The van der Waals surface area contributed by atoms with Gasteiger partial charge in [-0.15, -0.1) is 19.2 Å². The molecule has 1 rings (SSSR count). The number of thiol groups is 1. The van der Waals surface area contributed by atoms with E-state index < -0.39 is 15.4 Å². The Kier molecular flexibility index (Phi) is 3.36. The lowest BCUT2D eigenvalue weighted by Crippen LogP contribution is -2.10. The molecule has 0 saturated heterocycles. The fraction of sp³-hybridized carbons (Fsp3) is 0.111. The van der Waals surface area contributed by atoms with E-state index in [4.69, 9.17) is 4.55 Å². The molecule has 0 heterocycles. The predicted molar refractivity (Wildman–Crippen MR) is 58.2 cm³/mol. The Hall–Kier alpha value is -0.780. The fourth-order valence-electron chi connectivity index (χ4n) is 1.14. The van der Waals surface area contributed by atoms with E-state index in [0.29, 0.717) is 10.5 Å². The molecule has 0 aliphatic heterocycles. The molecular formula is C9H10O3S2. The van der Waals surface area contributed by atoms with Gasteiger partial charge in [0.1, 0.15) is 5.25 Å². The monoisotopic (exact) mass is 230 g/mol. The highest BCUT2D eigenvalue weighted by Crippen LogP contribution is 2.27. The van der Waals surface area contributed by atoms with Crippen LogP contribution in [0.25, 0.3) is 0 Å². The zero-order valence-electron chi connectivity index (χ0n) is 7.29. The van der Waals surface area contributed by atoms with Crippen LogP contribution >= 0.6 is 12.6 Å². The molecular weight excluding hydrogens is 220 g/mol. The third kappa shape index (κ3) is 2.37. The first kappa shape index (κ1) is 11.3. The maximum Gasteiger partial charge on any atom is 0.275 e. The first-order valence-electron chi connectivity index (χ1n) is 3.83. The van der Waals surface area contributed by atoms with Crippen LogP contribution in [-0.4, -0.2) is 13.0 Å². The predicted octanol–water partition coefficient (Wildman–Crippen LogP) is 2.09. The molecule has 0 amide bonds. The third-order valence-electron chi connectivity index (χ3n) is 1.78. The minimum atomic E-state index is -4.16. The van der Waals surface area contributed by atoms with Gasteiger partial charge in [-0.25, -0.2) is 0 Å². The van der Waals surface area contributed by atoms with Crippen LogP contribution in [0, 0.1) is 0 Å². The lowest BCUT2D eigenvalue weighted by atomic mass is 10.1. The topological polar surface area (TPSA) is 54.4 Å². The van der Waals surface area contributed by atoms with Crippen LogP contribution < -0.4 is 0 Å². The standard InChI is InChI=1S/C9H10O3S2/c1-2-9(14(10,11)12)7-5-3-4-6-8(7)13/h2-6,9,13H,1H2,(H,10,11,12). The Morgan fingerprint density at radius 3 is 2.43 bits per heavy atom. The van der Waals surface area contributed by atoms with Gasteiger partial charge >= 0.3 is 0 Å². The Balaban J connectivity index is 3.28. The van der Waals surface area contributed by atoms with E-state index in [-0.39, 0.29) is 0 Å². The second kappa shape index (κ2) is 4.16. The van der Waals surface area contributed by atoms with E-state index in [1.165, 1.54) is 6.08 Å². The smallest absolute Gasteiger partial charge is 0.275 e. The fourth-order valence-corrected chi connectivity index (χ4v) is 2.29. The van der Waals surface area contributed by atoms with Crippen LogP contribution in [0.4, 0.5) is 0 Å². The highest BCUT2D eigenvalue weighted by Gasteiger charge is 2.22. The van der Waals surface area contributed by atoms with E-state index in [1.54, 1.807) is 24.3 Å². The second-order valence-electron chi connectivity index (χ2n) is 2.73. The molecule has 1 unspecified atom stereocenters. The molecule has 5 heteroatoms. The average Bonchev–Trinajstić information content (AvgIpc) is 2.07. The van der Waals surface area contributed by atoms with Gasteiger partial charge in [-0.2, -0.15) is 8.42 Å². The Bertz CT molecular complexity index is 437. The van der Waals surface area contributed by atoms with E-state index >= 15 is 0 Å². The molecule has 76 valence electrons. The van der Waals surface area contributed by atoms with Crippen molar-refractivity contribution in [3.63, 3.8) is 0 Å². The summed E-state index contributed by atoms with van der Waals surface area (Å²) in [4.78, 5) is 0.509. The zero-order chi connectivity index (χ0) is 10.8. The SMILES string of the molecule is C=CC(c1ccccc1S)S(=O)(=O)O. The Labute approximate surface area is 88.6 Å². The van der Waals surface area contributed by atoms with Crippen LogP contribution in [-0.2, 0) is 10.1 Å². The third-order valence-corrected chi connectivity index (χ3v) is 3.27. The summed E-state index contributed by atoms with van der Waals surface area (Å²) >= 11 is 4.10. The van der Waals surface area contributed by atoms with Crippen LogP contribution in [0.1, 0.15) is 10.8 Å². The molecule has 0 aliphatic rings. The number of rotatable bonds is 3. The maximum atomic E-state index is 11.0. The first-order chi connectivity index (χ1) is 6.46. The van der Waals surface area contributed by atoms with E-state index in [1.807, 2.05) is 0 Å². The van der Waals surface area contributed by atoms with Crippen LogP contribution in [0.3, 0.4) is 0 Å². The highest BCUT2D eigenvalue weighted by molar-refractivity contribution is 7.86. The summed E-state index contributed by atoms with van der Waals surface area (Å²) in [5, 5.41) is -1.11. The van der Waals surface area contributed by atoms with Gasteiger partial charge in [-0.05, 0) is 11.6 Å². The molecule has 1 aromatic rings. The molecule has 1 atom stereocenters. The first-order valence-corrected chi connectivity index (χ1v) is 5.78. The molecule has 0 bridgehead atoms. The van der Waals surface area contributed by atoms with Gasteiger partial charge in [-0.1, -0.05) is 24.3 Å². The largest absolute Gasteiger partial charge is 0.285 e. The van der Waals surface area contributed by atoms with Gasteiger partial charge < -0.3 is 0 Å². The normalized spacial score (nSPS) is 13.6. The van der Waals surface area contributed by atoms with Crippen LogP contribution in [0.2, 0.25) is 0 Å². The minimum Gasteiger partial charge on any atom is -0.285 e. The summed E-state index contributed by atoms with van der Waals surface area (Å²) in [7, 11) is -4.16. The van der Waals surface area contributed by atoms with Crippen molar-refractivity contribution in [1.82, 2.24) is 0 Å². The Morgan fingerprint density at radius 1 is 1.43 bits per heavy atom. The molecule has 1 N–H and O–H groups in total. The summed E-state index contributed by atoms with van der Waals surface area (Å²) < 4.78 is 30.9. The van der Waals surface area contributed by atoms with Gasteiger partial charge in [0.25, 0.3) is 10.1 Å². The van der Waals surface area contributed by atoms with Crippen molar-refractivity contribution in [2.24, 2.45) is 0 Å². The summed E-state index contributed by atoms with van der Waals surface area (Å²) in [5.41, 5.74) is 0.424. The van der Waals surface area contributed by atoms with Gasteiger partial charge in [0.05, 0.1) is 0 Å². The molecule has 14 heavy (non-hydrogen) atoms. The molecule has 0 aromatic heterocycles. The highest BCUT2D eigenvalue weighted by atomic mass is 32.2. The molecule has 0 spiro atoms. The summed E-state index contributed by atoms with van der Waals surface area (Å²) in [5.74, 6) is 0. The maximum absolute atomic E-state index is 11.0. The van der Waals surface area contributed by atoms with Crippen molar-refractivity contribution in [2.75, 3.05) is 0 Å². The minimum absolute atomic E-state index is 0.424. The molecule has 0 radical (unpaired) electrons. The van der Waals surface area contributed by atoms with Crippen LogP contribution in [0.5, 0.6) is 0 Å². The average molecular weight is 230 g/mol. The Morgan fingerprint density at radius 2 is 2.00 bits per heavy atom. The van der Waals surface area contributed by atoms with Gasteiger partial charge in [0.15, 0.2) is 0 Å². The van der Waals surface area contributed by atoms with Crippen LogP contribution in [0.15, 0.2) is 41.8 Å². The summed E-state index contributed by atoms with van der Waals surface area (Å²) in [6.07, 6.45) is 1.17. The number of benzene rings is 1. The van der Waals surface area contributed by atoms with E-state index in [0.717, 1.165) is 0 Å². The van der Waals surface area contributed by atoms with Crippen molar-refractivity contribution in [2.45, 2.75) is 10.1 Å².